The third kappa shape index (κ3) is 3.82. The van der Waals surface area contributed by atoms with Crippen molar-refractivity contribution >= 4 is 58.4 Å². The summed E-state index contributed by atoms with van der Waals surface area (Å²) in [7, 11) is 1.81. The van der Waals surface area contributed by atoms with Gasteiger partial charge in [-0.1, -0.05) is 41.4 Å². The normalized spacial score (nSPS) is 10.5. The summed E-state index contributed by atoms with van der Waals surface area (Å²) in [5, 5.41) is 6.35. The molecule has 0 atom stereocenters. The first-order valence-corrected chi connectivity index (χ1v) is 7.90. The fourth-order valence-corrected chi connectivity index (χ4v) is 2.78. The van der Waals surface area contributed by atoms with E-state index in [0.717, 1.165) is 10.1 Å². The second-order valence-corrected chi connectivity index (χ2v) is 5.98. The van der Waals surface area contributed by atoms with Gasteiger partial charge < -0.3 is 15.6 Å². The first-order valence-electron chi connectivity index (χ1n) is 7.15. The number of carbonyl (C=O) groups excluding carboxylic acids is 1. The van der Waals surface area contributed by atoms with Crippen LogP contribution >= 0.6 is 35.6 Å². The van der Waals surface area contributed by atoms with E-state index < -0.39 is 11.7 Å². The molecule has 0 spiro atoms. The van der Waals surface area contributed by atoms with Crippen LogP contribution in [0, 0.1) is 0 Å². The number of hydrogen-bond donors (Lipinski definition) is 3. The first-order chi connectivity index (χ1) is 11.5. The van der Waals surface area contributed by atoms with Crippen molar-refractivity contribution in [2.75, 3.05) is 12.4 Å². The molecule has 6 nitrogen and oxygen atoms in total. The summed E-state index contributed by atoms with van der Waals surface area (Å²) in [6.07, 6.45) is 0. The molecule has 132 valence electrons. The molecule has 2 aromatic carbocycles. The monoisotopic (exact) mass is 400 g/mol. The lowest BCUT2D eigenvalue weighted by Gasteiger charge is -2.11. The number of rotatable bonds is 3. The molecule has 0 fully saturated rings. The van der Waals surface area contributed by atoms with Crippen LogP contribution in [0.25, 0.3) is 11.0 Å². The molecule has 3 aromatic rings. The van der Waals surface area contributed by atoms with Gasteiger partial charge in [-0.2, -0.15) is 0 Å². The first kappa shape index (κ1) is 19.3. The Balaban J connectivity index is 0.00000225. The Morgan fingerprint density at radius 2 is 1.88 bits per heavy atom. The number of anilines is 1. The zero-order valence-corrected chi connectivity index (χ0v) is 15.4. The quantitative estimate of drug-likeness (QED) is 0.623. The van der Waals surface area contributed by atoms with Crippen LogP contribution in [-0.4, -0.2) is 22.6 Å². The highest BCUT2D eigenvalue weighted by molar-refractivity contribution is 6.42. The summed E-state index contributed by atoms with van der Waals surface area (Å²) < 4.78 is 0.994. The molecule has 0 aliphatic rings. The Hall–Kier alpha value is -1.99. The summed E-state index contributed by atoms with van der Waals surface area (Å²) in [5.41, 5.74) is 1.76. The van der Waals surface area contributed by atoms with E-state index in [1.54, 1.807) is 6.07 Å². The molecule has 0 unspecified atom stereocenters. The third-order valence-electron chi connectivity index (χ3n) is 3.55. The molecule has 25 heavy (non-hydrogen) atoms. The lowest BCUT2D eigenvalue weighted by atomic mass is 10.2. The van der Waals surface area contributed by atoms with E-state index in [1.807, 2.05) is 25.2 Å². The molecule has 1 aromatic heterocycles. The third-order valence-corrected chi connectivity index (χ3v) is 4.28. The van der Waals surface area contributed by atoms with E-state index in [2.05, 4.69) is 15.6 Å². The zero-order chi connectivity index (χ0) is 17.3. The van der Waals surface area contributed by atoms with Gasteiger partial charge in [-0.15, -0.1) is 12.4 Å². The smallest absolute Gasteiger partial charge is 0.316 e. The summed E-state index contributed by atoms with van der Waals surface area (Å²) in [6.45, 7) is 0.584. The van der Waals surface area contributed by atoms with Crippen LogP contribution in [0.4, 0.5) is 10.5 Å². The summed E-state index contributed by atoms with van der Waals surface area (Å²) in [5.74, 6) is 0. The Morgan fingerprint density at radius 1 is 1.20 bits per heavy atom. The standard InChI is InChI=1S/C16H14Cl2N4O2.ClH/c1-19-8-9-4-2-3-5-12(9)20-15(23)22-14-7-11(18)10(17)6-13(14)21-16(22)24;/h2-7,19H,8H2,1H3,(H,20,23)(H,21,24);1H. The molecular weight excluding hydrogens is 387 g/mol. The number of para-hydroxylation sites is 1. The van der Waals surface area contributed by atoms with Crippen molar-refractivity contribution in [3.8, 4) is 0 Å². The Kier molecular flexibility index (Phi) is 6.13. The number of aromatic amines is 1. The minimum atomic E-state index is -0.576. The Bertz CT molecular complexity index is 981. The highest BCUT2D eigenvalue weighted by Crippen LogP contribution is 2.26. The summed E-state index contributed by atoms with van der Waals surface area (Å²) in [6, 6.07) is 9.77. The van der Waals surface area contributed by atoms with Gasteiger partial charge in [0.1, 0.15) is 0 Å². The second kappa shape index (κ2) is 7.93. The van der Waals surface area contributed by atoms with Crippen LogP contribution in [0.3, 0.4) is 0 Å². The highest BCUT2D eigenvalue weighted by atomic mass is 35.5. The van der Waals surface area contributed by atoms with Gasteiger partial charge in [-0.05, 0) is 30.8 Å². The minimum absolute atomic E-state index is 0. The maximum Gasteiger partial charge on any atom is 0.334 e. The predicted octanol–water partition coefficient (Wildman–Crippen LogP) is 3.86. The van der Waals surface area contributed by atoms with Crippen LogP contribution in [0.5, 0.6) is 0 Å². The number of H-pyrrole nitrogens is 1. The van der Waals surface area contributed by atoms with Gasteiger partial charge in [-0.3, -0.25) is 0 Å². The molecule has 0 bridgehead atoms. The van der Waals surface area contributed by atoms with E-state index in [9.17, 15) is 9.59 Å². The van der Waals surface area contributed by atoms with Crippen LogP contribution < -0.4 is 16.3 Å². The maximum absolute atomic E-state index is 12.6. The van der Waals surface area contributed by atoms with Gasteiger partial charge in [0.15, 0.2) is 0 Å². The average Bonchev–Trinajstić information content (AvgIpc) is 2.85. The summed E-state index contributed by atoms with van der Waals surface area (Å²) >= 11 is 11.9. The van der Waals surface area contributed by atoms with Crippen molar-refractivity contribution in [1.82, 2.24) is 14.9 Å². The fourth-order valence-electron chi connectivity index (χ4n) is 2.46. The number of carbonyl (C=O) groups is 1. The fraction of sp³-hybridized carbons (Fsp3) is 0.125. The topological polar surface area (TPSA) is 78.9 Å². The Labute approximate surface area is 159 Å². The van der Waals surface area contributed by atoms with E-state index in [1.165, 1.54) is 12.1 Å². The lowest BCUT2D eigenvalue weighted by Crippen LogP contribution is -2.29. The minimum Gasteiger partial charge on any atom is -0.316 e. The van der Waals surface area contributed by atoms with Crippen molar-refractivity contribution in [3.63, 3.8) is 0 Å². The molecule has 0 aliphatic carbocycles. The molecule has 0 saturated heterocycles. The number of hydrogen-bond acceptors (Lipinski definition) is 3. The lowest BCUT2D eigenvalue weighted by molar-refractivity contribution is 0.253. The van der Waals surface area contributed by atoms with Crippen molar-refractivity contribution in [2.45, 2.75) is 6.54 Å². The molecule has 9 heteroatoms. The van der Waals surface area contributed by atoms with E-state index in [-0.39, 0.29) is 17.4 Å². The molecule has 0 saturated carbocycles. The number of fused-ring (bicyclic) bond motifs is 1. The number of halogens is 3. The van der Waals surface area contributed by atoms with Gasteiger partial charge in [0.05, 0.1) is 21.1 Å². The van der Waals surface area contributed by atoms with Gasteiger partial charge >= 0.3 is 11.7 Å². The van der Waals surface area contributed by atoms with Gasteiger partial charge in [0.25, 0.3) is 0 Å². The zero-order valence-electron chi connectivity index (χ0n) is 13.1. The predicted molar refractivity (Wildman–Crippen MR) is 103 cm³/mol. The molecule has 1 amide bonds. The SMILES string of the molecule is CNCc1ccccc1NC(=O)n1c(=O)[nH]c2cc(Cl)c(Cl)cc21.Cl. The van der Waals surface area contributed by atoms with E-state index in [4.69, 9.17) is 23.2 Å². The van der Waals surface area contributed by atoms with Crippen LogP contribution in [0.2, 0.25) is 10.0 Å². The molecule has 0 radical (unpaired) electrons. The maximum atomic E-state index is 12.6. The van der Waals surface area contributed by atoms with E-state index in [0.29, 0.717) is 28.3 Å². The van der Waals surface area contributed by atoms with Crippen molar-refractivity contribution in [3.05, 3.63) is 62.5 Å². The van der Waals surface area contributed by atoms with E-state index >= 15 is 0 Å². The van der Waals surface area contributed by atoms with Gasteiger partial charge in [-0.25, -0.2) is 14.2 Å². The van der Waals surface area contributed by atoms with Crippen molar-refractivity contribution < 1.29 is 4.79 Å². The van der Waals surface area contributed by atoms with Gasteiger partial charge in [0, 0.05) is 12.2 Å². The number of nitrogens with zero attached hydrogens (tertiary/aromatic N) is 1. The number of imidazole rings is 1. The van der Waals surface area contributed by atoms with Crippen LogP contribution in [-0.2, 0) is 6.54 Å². The van der Waals surface area contributed by atoms with Crippen LogP contribution in [0.1, 0.15) is 5.56 Å². The second-order valence-electron chi connectivity index (χ2n) is 5.17. The molecule has 1 heterocycles. The number of amides is 1. The average molecular weight is 402 g/mol. The largest absolute Gasteiger partial charge is 0.334 e. The van der Waals surface area contributed by atoms with Crippen molar-refractivity contribution in [2.24, 2.45) is 0 Å². The molecular formula is C16H15Cl3N4O2. The molecule has 3 N–H and O–H groups in total. The Morgan fingerprint density at radius 3 is 2.60 bits per heavy atom. The summed E-state index contributed by atoms with van der Waals surface area (Å²) in [4.78, 5) is 27.3. The molecule has 3 rings (SSSR count). The number of benzene rings is 2. The molecule has 0 aliphatic heterocycles. The number of nitrogens with one attached hydrogen (secondary N) is 3. The van der Waals surface area contributed by atoms with Crippen LogP contribution in [0.15, 0.2) is 41.2 Å². The van der Waals surface area contributed by atoms with Gasteiger partial charge in [0.2, 0.25) is 0 Å². The highest BCUT2D eigenvalue weighted by Gasteiger charge is 2.16. The number of aromatic nitrogens is 2. The van der Waals surface area contributed by atoms with Crippen molar-refractivity contribution in [1.29, 1.82) is 0 Å².